The Morgan fingerprint density at radius 2 is 0.561 bits per heavy atom. The molecule has 26 nitrogen and oxygen atoms in total. The van der Waals surface area contributed by atoms with Gasteiger partial charge in [-0.3, -0.25) is 47.9 Å². The topological polar surface area (TPSA) is 368 Å². The number of fused-ring (bicyclic) bond motifs is 20. The zero-order chi connectivity index (χ0) is 77.6. The second-order valence-electron chi connectivity index (χ2n) is 31.3. The number of benzene rings is 4. The molecule has 107 heavy (non-hydrogen) atoms. The Kier molecular flexibility index (Phi) is 25.3. The van der Waals surface area contributed by atoms with Gasteiger partial charge in [0.1, 0.15) is 36.2 Å². The standard InChI is InChI=1S/C81H106N10O16/c1-15-67(92)82-37-81(38-83-68(93)16-2)106-19-17-104-71-55-25-41(5)27-57(71)79(102)90-65-35-61(45(9)31-49(65)13)86-75(98)53-23-40(4)24-54(70(53)95)76(99)87-62-36-66(50(14)32-46(62)10)91-80(103)58-28-42(6)26-56(72(58)105-18-20-107-81)78(101)89-64-34-60(44(8)30-48(64)12)85-74(97)52-22-39(3)21-51(69(52)94)73(96)84-59-33-63(88-77(55)100)47(11)29-43(59)7/h15-16,21-28,43-50,59-66,94-95H,1-2,17-20,29-38H2,3-14H3,(H,82,92)(H,83,93)(H,84,96)(H,85,97)(H,86,98)(H,87,99)(H,88,100)(H,89,101)(H,90,102)(H,91,103). The molecule has 4 aromatic rings. The molecule has 16 atom stereocenters. The molecule has 4 fully saturated rings. The fraction of sp³-hybridized carbons (Fsp3) is 0.531. The molecule has 14 bridgehead atoms. The minimum absolute atomic E-state index is 0.0441. The van der Waals surface area contributed by atoms with Gasteiger partial charge in [0.25, 0.3) is 47.3 Å². The molecule has 26 heteroatoms. The van der Waals surface area contributed by atoms with Crippen molar-refractivity contribution in [2.45, 2.75) is 189 Å². The summed E-state index contributed by atoms with van der Waals surface area (Å²) in [5, 5.41) is 54.6. The highest BCUT2D eigenvalue weighted by molar-refractivity contribution is 6.08. The summed E-state index contributed by atoms with van der Waals surface area (Å²) in [4.78, 5) is 146. The number of amides is 10. The molecule has 0 spiro atoms. The van der Waals surface area contributed by atoms with Crippen molar-refractivity contribution in [3.63, 3.8) is 0 Å². The highest BCUT2D eigenvalue weighted by Crippen LogP contribution is 2.39. The third-order valence-electron chi connectivity index (χ3n) is 22.8. The molecule has 0 aromatic heterocycles. The van der Waals surface area contributed by atoms with Gasteiger partial charge in [0.05, 0.1) is 70.8 Å². The number of aromatic hydroxyl groups is 2. The summed E-state index contributed by atoms with van der Waals surface area (Å²) in [5.74, 6) is -10.9. The molecule has 6 aliphatic rings. The van der Waals surface area contributed by atoms with E-state index < -0.39 is 164 Å². The first-order valence-corrected chi connectivity index (χ1v) is 37.5. The third-order valence-corrected chi connectivity index (χ3v) is 22.8. The van der Waals surface area contributed by atoms with Gasteiger partial charge in [0.15, 0.2) is 0 Å². The normalized spacial score (nSPS) is 29.1. The van der Waals surface area contributed by atoms with Crippen molar-refractivity contribution < 1.29 is 77.1 Å². The van der Waals surface area contributed by atoms with E-state index in [4.69, 9.17) is 18.9 Å². The summed E-state index contributed by atoms with van der Waals surface area (Å²) in [5.41, 5.74) is 1.34. The lowest BCUT2D eigenvalue weighted by Crippen LogP contribution is -2.55. The minimum atomic E-state index is -1.98. The lowest BCUT2D eigenvalue weighted by molar-refractivity contribution is -0.234. The first-order valence-electron chi connectivity index (χ1n) is 37.5. The van der Waals surface area contributed by atoms with Crippen LogP contribution >= 0.6 is 0 Å². The third kappa shape index (κ3) is 18.6. The van der Waals surface area contributed by atoms with Gasteiger partial charge in [0, 0.05) is 48.3 Å². The van der Waals surface area contributed by atoms with Gasteiger partial charge < -0.3 is 82.3 Å². The van der Waals surface area contributed by atoms with Crippen LogP contribution in [0.3, 0.4) is 0 Å². The fourth-order valence-corrected chi connectivity index (χ4v) is 16.6. The zero-order valence-electron chi connectivity index (χ0n) is 63.4. The van der Waals surface area contributed by atoms with Gasteiger partial charge in [-0.25, -0.2) is 0 Å². The fourth-order valence-electron chi connectivity index (χ4n) is 16.6. The van der Waals surface area contributed by atoms with E-state index in [0.29, 0.717) is 47.9 Å². The molecular formula is C81H106N10O16. The van der Waals surface area contributed by atoms with Crippen LogP contribution in [0.5, 0.6) is 23.0 Å². The van der Waals surface area contributed by atoms with Crippen molar-refractivity contribution >= 4 is 59.1 Å². The van der Waals surface area contributed by atoms with Crippen LogP contribution in [0.1, 0.15) is 212 Å². The maximum Gasteiger partial charge on any atom is 0.255 e. The van der Waals surface area contributed by atoms with E-state index in [-0.39, 0.29) is 129 Å². The lowest BCUT2D eigenvalue weighted by Gasteiger charge is -2.40. The van der Waals surface area contributed by atoms with E-state index in [1.165, 1.54) is 24.3 Å². The number of nitrogens with one attached hydrogen (secondary N) is 10. The van der Waals surface area contributed by atoms with Crippen molar-refractivity contribution in [1.29, 1.82) is 0 Å². The number of phenolic OH excluding ortho intramolecular Hbond substituents is 2. The molecule has 12 N–H and O–H groups in total. The SMILES string of the molecule is C=CC(=O)NCC1(CNC(=O)C=C)OCCOc2c3cc(C)cc2C(=O)NC2CC(NC(=O)c4cc(C)cc(c4O)C(=O)NC4CC(NC(=O)c5cc(C)cc(c5OCCO1)C(=O)NC1CC(NC(=O)c5cc(C)cc(c5O)C(=O)NC5CC(NC3=O)C(C)CC5C)C(C)CC1C)C(C)CC4C)C(C)CC2C. The number of rotatable bonds is 6. The van der Waals surface area contributed by atoms with Crippen LogP contribution < -0.4 is 62.6 Å². The second-order valence-corrected chi connectivity index (χ2v) is 31.3. The smallest absolute Gasteiger partial charge is 0.255 e. The Hall–Kier alpha value is -9.82. The van der Waals surface area contributed by atoms with E-state index in [1.54, 1.807) is 52.0 Å². The summed E-state index contributed by atoms with van der Waals surface area (Å²) in [7, 11) is 0. The van der Waals surface area contributed by atoms with Gasteiger partial charge in [-0.05, 0) is 209 Å². The summed E-state index contributed by atoms with van der Waals surface area (Å²) >= 11 is 0. The number of aryl methyl sites for hydroxylation is 4. The number of hydrogen-bond donors (Lipinski definition) is 12. The predicted molar refractivity (Wildman–Crippen MR) is 400 cm³/mol. The van der Waals surface area contributed by atoms with E-state index in [9.17, 15) is 39.0 Å². The predicted octanol–water partition coefficient (Wildman–Crippen LogP) is 7.60. The largest absolute Gasteiger partial charge is 0.506 e. The van der Waals surface area contributed by atoms with Crippen LogP contribution in [-0.2, 0) is 19.1 Å². The van der Waals surface area contributed by atoms with Gasteiger partial charge >= 0.3 is 0 Å². The molecule has 16 unspecified atom stereocenters. The molecule has 4 aromatic carbocycles. The van der Waals surface area contributed by atoms with E-state index in [2.05, 4.69) is 66.3 Å². The molecule has 2 heterocycles. The van der Waals surface area contributed by atoms with Crippen molar-refractivity contribution in [1.82, 2.24) is 53.2 Å². The zero-order valence-corrected chi connectivity index (χ0v) is 63.4. The lowest BCUT2D eigenvalue weighted by atomic mass is 9.76. The molecule has 10 amide bonds. The minimum Gasteiger partial charge on any atom is -0.506 e. The summed E-state index contributed by atoms with van der Waals surface area (Å²) < 4.78 is 26.5. The Balaban J connectivity index is 1.12. The van der Waals surface area contributed by atoms with Crippen molar-refractivity contribution in [2.24, 2.45) is 47.3 Å². The van der Waals surface area contributed by atoms with Crippen LogP contribution in [0, 0.1) is 75.0 Å². The Morgan fingerprint density at radius 1 is 0.364 bits per heavy atom. The van der Waals surface area contributed by atoms with E-state index in [0.717, 1.165) is 12.2 Å². The van der Waals surface area contributed by atoms with Crippen molar-refractivity contribution in [2.75, 3.05) is 39.5 Å². The van der Waals surface area contributed by atoms with Crippen LogP contribution in [0.4, 0.5) is 0 Å². The molecule has 4 saturated carbocycles. The average Bonchev–Trinajstić information content (AvgIpc) is 0.798. The highest BCUT2D eigenvalue weighted by Gasteiger charge is 2.43. The molecule has 0 saturated heterocycles. The maximum absolute atomic E-state index is 15.3. The molecule has 10 rings (SSSR count). The number of phenols is 2. The molecule has 2 aliphatic heterocycles. The highest BCUT2D eigenvalue weighted by atomic mass is 16.7. The summed E-state index contributed by atoms with van der Waals surface area (Å²) in [6.45, 7) is 27.4. The summed E-state index contributed by atoms with van der Waals surface area (Å²) in [6, 6.07) is 7.76. The van der Waals surface area contributed by atoms with Crippen LogP contribution in [0.15, 0.2) is 73.8 Å². The number of carbonyl (C=O) groups is 10. The Morgan fingerprint density at radius 3 is 0.766 bits per heavy atom. The average molecular weight is 1480 g/mol. The molecule has 576 valence electrons. The number of hydrogen-bond acceptors (Lipinski definition) is 16. The van der Waals surface area contributed by atoms with E-state index in [1.807, 2.05) is 55.4 Å². The second kappa shape index (κ2) is 34.0. The Labute approximate surface area is 625 Å². The van der Waals surface area contributed by atoms with Crippen LogP contribution in [0.2, 0.25) is 0 Å². The van der Waals surface area contributed by atoms with Gasteiger partial charge in [-0.2, -0.15) is 0 Å². The summed E-state index contributed by atoms with van der Waals surface area (Å²) in [6.07, 6.45) is 5.13. The molecule has 0 radical (unpaired) electrons. The van der Waals surface area contributed by atoms with E-state index >= 15 is 19.2 Å². The van der Waals surface area contributed by atoms with Gasteiger partial charge in [-0.15, -0.1) is 0 Å². The van der Waals surface area contributed by atoms with Crippen molar-refractivity contribution in [3.05, 3.63) is 141 Å². The van der Waals surface area contributed by atoms with Crippen molar-refractivity contribution in [3.8, 4) is 23.0 Å². The Bertz CT molecular complexity index is 3670. The van der Waals surface area contributed by atoms with Crippen LogP contribution in [0.25, 0.3) is 0 Å². The maximum atomic E-state index is 15.3. The monoisotopic (exact) mass is 1470 g/mol. The molecule has 4 aliphatic carbocycles. The van der Waals surface area contributed by atoms with Crippen LogP contribution in [-0.4, -0.2) is 163 Å². The van der Waals surface area contributed by atoms with Gasteiger partial charge in [0.2, 0.25) is 17.6 Å². The number of carbonyl (C=O) groups excluding carboxylic acids is 10. The molecular weight excluding hydrogens is 1370 g/mol. The first kappa shape index (κ1) is 79.7. The number of ether oxygens (including phenoxy) is 4. The first-order chi connectivity index (χ1) is 50.7. The quantitative estimate of drug-likeness (QED) is 0.0827. The van der Waals surface area contributed by atoms with Gasteiger partial charge in [-0.1, -0.05) is 68.5 Å².